The van der Waals surface area contributed by atoms with Crippen molar-refractivity contribution in [1.29, 1.82) is 0 Å². The van der Waals surface area contributed by atoms with Crippen LogP contribution in [0.2, 0.25) is 0 Å². The summed E-state index contributed by atoms with van der Waals surface area (Å²) in [5, 5.41) is 0. The van der Waals surface area contributed by atoms with Crippen molar-refractivity contribution in [3.05, 3.63) is 71.8 Å². The first-order chi connectivity index (χ1) is 12.7. The third kappa shape index (κ3) is 4.70. The normalized spacial score (nSPS) is 19.4. The van der Waals surface area contributed by atoms with Crippen molar-refractivity contribution in [1.82, 2.24) is 4.90 Å². The van der Waals surface area contributed by atoms with Gasteiger partial charge in [-0.3, -0.25) is 14.5 Å². The Kier molecular flexibility index (Phi) is 6.02. The zero-order valence-electron chi connectivity index (χ0n) is 14.8. The van der Waals surface area contributed by atoms with Crippen LogP contribution < -0.4 is 0 Å². The van der Waals surface area contributed by atoms with Crippen molar-refractivity contribution < 1.29 is 19.1 Å². The first-order valence-electron chi connectivity index (χ1n) is 8.86. The van der Waals surface area contributed by atoms with Gasteiger partial charge >= 0.3 is 11.9 Å². The van der Waals surface area contributed by atoms with Gasteiger partial charge in [-0.2, -0.15) is 0 Å². The molecule has 0 amide bonds. The van der Waals surface area contributed by atoms with E-state index < -0.39 is 6.04 Å². The van der Waals surface area contributed by atoms with E-state index in [2.05, 4.69) is 0 Å². The molecule has 2 aromatic carbocycles. The molecule has 5 nitrogen and oxygen atoms in total. The van der Waals surface area contributed by atoms with Gasteiger partial charge in [0.25, 0.3) is 0 Å². The lowest BCUT2D eigenvalue weighted by atomic mass is 10.1. The topological polar surface area (TPSA) is 55.6 Å². The summed E-state index contributed by atoms with van der Waals surface area (Å²) < 4.78 is 10.6. The third-order valence-electron chi connectivity index (χ3n) is 4.38. The molecule has 0 aliphatic carbocycles. The minimum atomic E-state index is -0.466. The molecule has 1 aliphatic heterocycles. The zero-order chi connectivity index (χ0) is 18.4. The SMILES string of the molecule is CCOC(=O)[C@H](Cc1ccccc1)N1C[C@H]1C(=O)OCc1ccccc1. The molecule has 0 radical (unpaired) electrons. The van der Waals surface area contributed by atoms with Gasteiger partial charge in [0.05, 0.1) is 6.61 Å². The maximum atomic E-state index is 12.4. The minimum Gasteiger partial charge on any atom is -0.465 e. The Labute approximate surface area is 153 Å². The molecule has 0 bridgehead atoms. The molecule has 5 heteroatoms. The summed E-state index contributed by atoms with van der Waals surface area (Å²) >= 11 is 0. The van der Waals surface area contributed by atoms with Crippen LogP contribution in [0.5, 0.6) is 0 Å². The lowest BCUT2D eigenvalue weighted by molar-refractivity contribution is -0.149. The number of carbonyl (C=O) groups excluding carboxylic acids is 2. The fourth-order valence-corrected chi connectivity index (χ4v) is 2.94. The van der Waals surface area contributed by atoms with Crippen LogP contribution in [0.25, 0.3) is 0 Å². The number of nitrogens with zero attached hydrogens (tertiary/aromatic N) is 1. The lowest BCUT2D eigenvalue weighted by Gasteiger charge is -2.17. The summed E-state index contributed by atoms with van der Waals surface area (Å²) in [5.41, 5.74) is 1.98. The Morgan fingerprint density at radius 2 is 1.62 bits per heavy atom. The summed E-state index contributed by atoms with van der Waals surface area (Å²) in [6.07, 6.45) is 0.516. The number of hydrogen-bond acceptors (Lipinski definition) is 5. The molecular formula is C21H23NO4. The van der Waals surface area contributed by atoms with Crippen molar-refractivity contribution in [2.75, 3.05) is 13.2 Å². The number of ether oxygens (including phenoxy) is 2. The summed E-state index contributed by atoms with van der Waals surface area (Å²) in [6, 6.07) is 18.5. The monoisotopic (exact) mass is 353 g/mol. The number of esters is 2. The lowest BCUT2D eigenvalue weighted by Crippen LogP contribution is -2.35. The highest BCUT2D eigenvalue weighted by molar-refractivity contribution is 5.83. The molecule has 26 heavy (non-hydrogen) atoms. The van der Waals surface area contributed by atoms with Crippen molar-refractivity contribution in [2.24, 2.45) is 0 Å². The van der Waals surface area contributed by atoms with Crippen LogP contribution in [-0.2, 0) is 32.1 Å². The molecule has 1 heterocycles. The van der Waals surface area contributed by atoms with E-state index >= 15 is 0 Å². The van der Waals surface area contributed by atoms with E-state index in [1.54, 1.807) is 6.92 Å². The highest BCUT2D eigenvalue weighted by Crippen LogP contribution is 2.26. The maximum Gasteiger partial charge on any atom is 0.325 e. The second-order valence-electron chi connectivity index (χ2n) is 6.26. The quantitative estimate of drug-likeness (QED) is 0.539. The van der Waals surface area contributed by atoms with E-state index in [1.165, 1.54) is 0 Å². The Morgan fingerprint density at radius 1 is 1.00 bits per heavy atom. The van der Waals surface area contributed by atoms with E-state index in [9.17, 15) is 9.59 Å². The predicted octanol–water partition coefficient (Wildman–Crippen LogP) is 2.59. The Hall–Kier alpha value is -2.66. The van der Waals surface area contributed by atoms with Gasteiger partial charge in [0.15, 0.2) is 0 Å². The first kappa shape index (κ1) is 18.1. The Balaban J connectivity index is 1.59. The largest absolute Gasteiger partial charge is 0.465 e. The second-order valence-corrected chi connectivity index (χ2v) is 6.26. The summed E-state index contributed by atoms with van der Waals surface area (Å²) in [5.74, 6) is -0.592. The summed E-state index contributed by atoms with van der Waals surface area (Å²) in [7, 11) is 0. The van der Waals surface area contributed by atoms with Crippen LogP contribution in [0.3, 0.4) is 0 Å². The predicted molar refractivity (Wildman–Crippen MR) is 97.3 cm³/mol. The molecule has 0 spiro atoms. The summed E-state index contributed by atoms with van der Waals surface area (Å²) in [4.78, 5) is 26.5. The highest BCUT2D eigenvalue weighted by Gasteiger charge is 2.49. The summed E-state index contributed by atoms with van der Waals surface area (Å²) in [6.45, 7) is 2.86. The molecule has 0 N–H and O–H groups in total. The molecule has 0 saturated carbocycles. The molecule has 0 aromatic heterocycles. The van der Waals surface area contributed by atoms with Crippen molar-refractivity contribution in [3.63, 3.8) is 0 Å². The van der Waals surface area contributed by atoms with Gasteiger partial charge in [-0.15, -0.1) is 0 Å². The number of carbonyl (C=O) groups is 2. The fraction of sp³-hybridized carbons (Fsp3) is 0.333. The molecule has 1 unspecified atom stereocenters. The van der Waals surface area contributed by atoms with E-state index in [1.807, 2.05) is 65.6 Å². The van der Waals surface area contributed by atoms with Gasteiger partial charge in [0.2, 0.25) is 0 Å². The van der Waals surface area contributed by atoms with Crippen LogP contribution in [0.1, 0.15) is 18.1 Å². The van der Waals surface area contributed by atoms with Gasteiger partial charge in [0.1, 0.15) is 18.7 Å². The second kappa shape index (κ2) is 8.63. The molecule has 136 valence electrons. The third-order valence-corrected chi connectivity index (χ3v) is 4.38. The standard InChI is InChI=1S/C21H23NO4/c1-2-25-20(23)18(13-16-9-5-3-6-10-16)22-14-19(22)21(24)26-15-17-11-7-4-8-12-17/h3-12,18-19H,2,13-15H2,1H3/t18-,19-,22?/m0/s1. The number of benzene rings is 2. The van der Waals surface area contributed by atoms with E-state index in [-0.39, 0.29) is 24.6 Å². The van der Waals surface area contributed by atoms with E-state index in [4.69, 9.17) is 9.47 Å². The van der Waals surface area contributed by atoms with Crippen LogP contribution in [0.15, 0.2) is 60.7 Å². The Bertz CT molecular complexity index is 732. The van der Waals surface area contributed by atoms with Crippen LogP contribution >= 0.6 is 0 Å². The maximum absolute atomic E-state index is 12.4. The molecule has 3 atom stereocenters. The molecule has 1 saturated heterocycles. The fourth-order valence-electron chi connectivity index (χ4n) is 2.94. The van der Waals surface area contributed by atoms with Crippen molar-refractivity contribution >= 4 is 11.9 Å². The van der Waals surface area contributed by atoms with Crippen molar-refractivity contribution in [2.45, 2.75) is 32.0 Å². The van der Waals surface area contributed by atoms with Crippen LogP contribution in [-0.4, -0.2) is 42.1 Å². The van der Waals surface area contributed by atoms with Crippen LogP contribution in [0, 0.1) is 0 Å². The molecular weight excluding hydrogens is 330 g/mol. The Morgan fingerprint density at radius 3 is 2.23 bits per heavy atom. The van der Waals surface area contributed by atoms with E-state index in [0.29, 0.717) is 19.6 Å². The van der Waals surface area contributed by atoms with Gasteiger partial charge in [0, 0.05) is 6.54 Å². The molecule has 3 rings (SSSR count). The average Bonchev–Trinajstić information content (AvgIpc) is 3.46. The van der Waals surface area contributed by atoms with Crippen LogP contribution in [0.4, 0.5) is 0 Å². The first-order valence-corrected chi connectivity index (χ1v) is 8.86. The molecule has 2 aromatic rings. The number of hydrogen-bond donors (Lipinski definition) is 0. The minimum absolute atomic E-state index is 0.243. The van der Waals surface area contributed by atoms with Gasteiger partial charge in [-0.1, -0.05) is 60.7 Å². The smallest absolute Gasteiger partial charge is 0.325 e. The number of rotatable bonds is 8. The van der Waals surface area contributed by atoms with Crippen molar-refractivity contribution in [3.8, 4) is 0 Å². The van der Waals surface area contributed by atoms with Gasteiger partial charge in [-0.25, -0.2) is 0 Å². The molecule has 1 aliphatic rings. The molecule has 1 fully saturated rings. The average molecular weight is 353 g/mol. The van der Waals surface area contributed by atoms with Gasteiger partial charge < -0.3 is 9.47 Å². The highest BCUT2D eigenvalue weighted by atomic mass is 16.5. The zero-order valence-corrected chi connectivity index (χ0v) is 14.8. The van der Waals surface area contributed by atoms with E-state index in [0.717, 1.165) is 11.1 Å². The van der Waals surface area contributed by atoms with Gasteiger partial charge in [-0.05, 0) is 24.5 Å².